The van der Waals surface area contributed by atoms with Gasteiger partial charge in [-0.05, 0) is 23.8 Å². The third-order valence-corrected chi connectivity index (χ3v) is 2.48. The van der Waals surface area contributed by atoms with Gasteiger partial charge in [0.15, 0.2) is 0 Å². The van der Waals surface area contributed by atoms with Gasteiger partial charge in [-0.25, -0.2) is 9.18 Å². The zero-order valence-electron chi connectivity index (χ0n) is 9.56. The third-order valence-electron chi connectivity index (χ3n) is 2.48. The Balaban J connectivity index is 2.12. The molecular weight excluding hydrogens is 233 g/mol. The maximum absolute atomic E-state index is 13.2. The fourth-order valence-corrected chi connectivity index (χ4v) is 1.62. The van der Waals surface area contributed by atoms with Crippen molar-refractivity contribution in [1.29, 1.82) is 0 Å². The molecule has 0 aliphatic rings. The molecule has 18 heavy (non-hydrogen) atoms. The molecule has 0 amide bonds. The van der Waals surface area contributed by atoms with E-state index < -0.39 is 11.8 Å². The topological polar surface area (TPSA) is 49.3 Å². The summed E-state index contributed by atoms with van der Waals surface area (Å²) in [6.07, 6.45) is 0. The Hall–Kier alpha value is -2.36. The highest BCUT2D eigenvalue weighted by Crippen LogP contribution is 2.15. The maximum Gasteiger partial charge on any atom is 0.335 e. The molecule has 0 saturated carbocycles. The van der Waals surface area contributed by atoms with Gasteiger partial charge in [0.05, 0.1) is 5.56 Å². The van der Waals surface area contributed by atoms with Gasteiger partial charge < -0.3 is 10.4 Å². The second-order valence-corrected chi connectivity index (χ2v) is 3.87. The molecule has 0 bridgehead atoms. The molecular formula is C14H12FNO2. The molecule has 0 radical (unpaired) electrons. The summed E-state index contributed by atoms with van der Waals surface area (Å²) < 4.78 is 13.2. The maximum atomic E-state index is 13.2. The Morgan fingerprint density at radius 1 is 1.17 bits per heavy atom. The fraction of sp³-hybridized carbons (Fsp3) is 0.0714. The normalized spacial score (nSPS) is 10.1. The molecule has 0 saturated heterocycles. The minimum atomic E-state index is -1.14. The van der Waals surface area contributed by atoms with Crippen molar-refractivity contribution in [3.8, 4) is 0 Å². The second-order valence-electron chi connectivity index (χ2n) is 3.87. The Kier molecular flexibility index (Phi) is 3.57. The Morgan fingerprint density at radius 3 is 2.56 bits per heavy atom. The fourth-order valence-electron chi connectivity index (χ4n) is 1.62. The van der Waals surface area contributed by atoms with E-state index in [1.807, 2.05) is 30.3 Å². The average molecular weight is 245 g/mol. The lowest BCUT2D eigenvalue weighted by molar-refractivity contribution is 0.0696. The molecule has 2 aromatic rings. The van der Waals surface area contributed by atoms with E-state index in [2.05, 4.69) is 5.32 Å². The van der Waals surface area contributed by atoms with Crippen LogP contribution in [-0.2, 0) is 6.54 Å². The number of anilines is 1. The minimum Gasteiger partial charge on any atom is -0.478 e. The number of aromatic carboxylic acids is 1. The predicted molar refractivity (Wildman–Crippen MR) is 67.1 cm³/mol. The second kappa shape index (κ2) is 5.31. The number of carbonyl (C=O) groups is 1. The number of hydrogen-bond donors (Lipinski definition) is 2. The minimum absolute atomic E-state index is 0.0643. The Labute approximate surface area is 104 Å². The number of halogens is 1. The highest BCUT2D eigenvalue weighted by molar-refractivity contribution is 5.88. The summed E-state index contributed by atoms with van der Waals surface area (Å²) in [4.78, 5) is 10.8. The molecule has 0 spiro atoms. The zero-order valence-corrected chi connectivity index (χ0v) is 9.56. The summed E-state index contributed by atoms with van der Waals surface area (Å²) in [5.74, 6) is -1.71. The molecule has 92 valence electrons. The van der Waals surface area contributed by atoms with Crippen molar-refractivity contribution < 1.29 is 14.3 Å². The van der Waals surface area contributed by atoms with Gasteiger partial charge in [-0.1, -0.05) is 30.3 Å². The summed E-state index contributed by atoms with van der Waals surface area (Å²) in [7, 11) is 0. The van der Waals surface area contributed by atoms with Gasteiger partial charge in [0.2, 0.25) is 0 Å². The quantitative estimate of drug-likeness (QED) is 0.870. The molecule has 2 rings (SSSR count). The molecule has 2 aromatic carbocycles. The number of hydrogen-bond acceptors (Lipinski definition) is 2. The van der Waals surface area contributed by atoms with E-state index in [4.69, 9.17) is 5.11 Å². The van der Waals surface area contributed by atoms with Crippen molar-refractivity contribution >= 4 is 11.7 Å². The van der Waals surface area contributed by atoms with Crippen molar-refractivity contribution in [2.24, 2.45) is 0 Å². The largest absolute Gasteiger partial charge is 0.478 e. The average Bonchev–Trinajstić information content (AvgIpc) is 2.37. The summed E-state index contributed by atoms with van der Waals surface area (Å²) in [6, 6.07) is 13.3. The van der Waals surface area contributed by atoms with Crippen LogP contribution in [0.15, 0.2) is 48.5 Å². The van der Waals surface area contributed by atoms with Gasteiger partial charge in [-0.2, -0.15) is 0 Å². The van der Waals surface area contributed by atoms with Crippen LogP contribution in [0.2, 0.25) is 0 Å². The first-order valence-electron chi connectivity index (χ1n) is 5.47. The first-order chi connectivity index (χ1) is 8.65. The highest BCUT2D eigenvalue weighted by Gasteiger charge is 2.06. The van der Waals surface area contributed by atoms with Gasteiger partial charge in [0.1, 0.15) is 5.82 Å². The van der Waals surface area contributed by atoms with Crippen LogP contribution in [0, 0.1) is 5.82 Å². The van der Waals surface area contributed by atoms with Gasteiger partial charge in [0.25, 0.3) is 0 Å². The standard InChI is InChI=1S/C14H12FNO2/c15-12-6-11(14(17)18)7-13(8-12)16-9-10-4-2-1-3-5-10/h1-8,16H,9H2,(H,17,18). The molecule has 0 unspecified atom stereocenters. The van der Waals surface area contributed by atoms with Crippen LogP contribution >= 0.6 is 0 Å². The lowest BCUT2D eigenvalue weighted by Gasteiger charge is -2.07. The van der Waals surface area contributed by atoms with E-state index in [0.717, 1.165) is 11.6 Å². The van der Waals surface area contributed by atoms with Crippen LogP contribution in [0.25, 0.3) is 0 Å². The van der Waals surface area contributed by atoms with E-state index in [9.17, 15) is 9.18 Å². The molecule has 3 nitrogen and oxygen atoms in total. The number of carboxylic acid groups (broad SMARTS) is 1. The number of benzene rings is 2. The van der Waals surface area contributed by atoms with E-state index in [1.165, 1.54) is 12.1 Å². The Morgan fingerprint density at radius 2 is 1.89 bits per heavy atom. The molecule has 0 aliphatic carbocycles. The molecule has 0 fully saturated rings. The van der Waals surface area contributed by atoms with Crippen molar-refractivity contribution in [2.45, 2.75) is 6.54 Å². The monoisotopic (exact) mass is 245 g/mol. The van der Waals surface area contributed by atoms with E-state index >= 15 is 0 Å². The smallest absolute Gasteiger partial charge is 0.335 e. The van der Waals surface area contributed by atoms with Crippen molar-refractivity contribution in [3.05, 3.63) is 65.5 Å². The summed E-state index contributed by atoms with van der Waals surface area (Å²) in [6.45, 7) is 0.517. The van der Waals surface area contributed by atoms with E-state index in [1.54, 1.807) is 0 Å². The van der Waals surface area contributed by atoms with Crippen LogP contribution in [0.1, 0.15) is 15.9 Å². The number of rotatable bonds is 4. The highest BCUT2D eigenvalue weighted by atomic mass is 19.1. The Bertz CT molecular complexity index is 555. The van der Waals surface area contributed by atoms with Crippen LogP contribution in [0.4, 0.5) is 10.1 Å². The summed E-state index contributed by atoms with van der Waals surface area (Å²) >= 11 is 0. The predicted octanol–water partition coefficient (Wildman–Crippen LogP) is 3.14. The van der Waals surface area contributed by atoms with Crippen LogP contribution in [-0.4, -0.2) is 11.1 Å². The van der Waals surface area contributed by atoms with Gasteiger partial charge in [-0.15, -0.1) is 0 Å². The third kappa shape index (κ3) is 3.07. The number of nitrogens with one attached hydrogen (secondary N) is 1. The lowest BCUT2D eigenvalue weighted by atomic mass is 10.2. The van der Waals surface area contributed by atoms with Crippen LogP contribution < -0.4 is 5.32 Å². The van der Waals surface area contributed by atoms with Crippen molar-refractivity contribution in [3.63, 3.8) is 0 Å². The van der Waals surface area contributed by atoms with E-state index in [-0.39, 0.29) is 5.56 Å². The first kappa shape index (κ1) is 12.1. The van der Waals surface area contributed by atoms with Crippen molar-refractivity contribution in [2.75, 3.05) is 5.32 Å². The first-order valence-corrected chi connectivity index (χ1v) is 5.47. The zero-order chi connectivity index (χ0) is 13.0. The van der Waals surface area contributed by atoms with Gasteiger partial charge in [0, 0.05) is 12.2 Å². The number of carboxylic acids is 1. The summed E-state index contributed by atoms with van der Waals surface area (Å²) in [5, 5.41) is 11.8. The SMILES string of the molecule is O=C(O)c1cc(F)cc(NCc2ccccc2)c1. The van der Waals surface area contributed by atoms with Crippen molar-refractivity contribution in [1.82, 2.24) is 0 Å². The lowest BCUT2D eigenvalue weighted by Crippen LogP contribution is -2.03. The molecule has 0 aliphatic heterocycles. The van der Waals surface area contributed by atoms with E-state index in [0.29, 0.717) is 12.2 Å². The molecule has 0 aromatic heterocycles. The van der Waals surface area contributed by atoms with Gasteiger partial charge in [-0.3, -0.25) is 0 Å². The molecule has 0 atom stereocenters. The van der Waals surface area contributed by atoms with Crippen LogP contribution in [0.5, 0.6) is 0 Å². The molecule has 0 heterocycles. The molecule has 2 N–H and O–H groups in total. The van der Waals surface area contributed by atoms with Gasteiger partial charge >= 0.3 is 5.97 Å². The summed E-state index contributed by atoms with van der Waals surface area (Å²) in [5.41, 5.74) is 1.43. The molecule has 4 heteroatoms. The van der Waals surface area contributed by atoms with Crippen LogP contribution in [0.3, 0.4) is 0 Å².